The van der Waals surface area contributed by atoms with E-state index in [2.05, 4.69) is 24.1 Å². The number of nitrogens with two attached hydrogens (primary N) is 1. The Morgan fingerprint density at radius 1 is 1.43 bits per heavy atom. The maximum atomic E-state index is 5.92. The van der Waals surface area contributed by atoms with Gasteiger partial charge in [0.05, 0.1) is 25.0 Å². The van der Waals surface area contributed by atoms with Crippen LogP contribution in [0.25, 0.3) is 0 Å². The molecule has 1 aliphatic rings. The smallest absolute Gasteiger partial charge is 0.144 e. The summed E-state index contributed by atoms with van der Waals surface area (Å²) in [7, 11) is 0. The molecule has 0 radical (unpaired) electrons. The van der Waals surface area contributed by atoms with Crippen LogP contribution in [0.4, 0.5) is 11.4 Å². The number of anilines is 2. The second-order valence-corrected chi connectivity index (χ2v) is 5.37. The van der Waals surface area contributed by atoms with Gasteiger partial charge >= 0.3 is 0 Å². The van der Waals surface area contributed by atoms with E-state index in [0.717, 1.165) is 50.6 Å². The second-order valence-electron chi connectivity index (χ2n) is 5.37. The molecule has 1 saturated heterocycles. The van der Waals surface area contributed by atoms with Crippen LogP contribution < -0.4 is 15.8 Å². The number of hydrogen-bond donors (Lipinski definition) is 2. The number of morpholine rings is 1. The fraction of sp³-hybridized carbons (Fsp3) is 0.625. The average molecular weight is 293 g/mol. The van der Waals surface area contributed by atoms with Gasteiger partial charge in [0, 0.05) is 31.4 Å². The molecule has 1 fully saturated rings. The van der Waals surface area contributed by atoms with Crippen LogP contribution in [-0.2, 0) is 4.74 Å². The van der Waals surface area contributed by atoms with Crippen LogP contribution in [0.15, 0.2) is 18.2 Å². The zero-order valence-electron chi connectivity index (χ0n) is 13.1. The lowest BCUT2D eigenvalue weighted by atomic mass is 10.2. The predicted octanol–water partition coefficient (Wildman–Crippen LogP) is 2.19. The van der Waals surface area contributed by atoms with Crippen molar-refractivity contribution in [3.63, 3.8) is 0 Å². The number of nitrogens with zero attached hydrogens (tertiary/aromatic N) is 1. The summed E-state index contributed by atoms with van der Waals surface area (Å²) in [6.07, 6.45) is 1.20. The summed E-state index contributed by atoms with van der Waals surface area (Å²) in [4.78, 5) is 2.41. The highest BCUT2D eigenvalue weighted by Gasteiger charge is 2.18. The molecule has 2 rings (SSSR count). The molecule has 5 heteroatoms. The van der Waals surface area contributed by atoms with E-state index in [4.69, 9.17) is 15.2 Å². The molecule has 1 aromatic rings. The van der Waals surface area contributed by atoms with E-state index in [1.807, 2.05) is 18.2 Å². The lowest BCUT2D eigenvalue weighted by Gasteiger charge is -2.32. The molecule has 3 N–H and O–H groups in total. The summed E-state index contributed by atoms with van der Waals surface area (Å²) < 4.78 is 11.4. The van der Waals surface area contributed by atoms with Gasteiger partial charge in [0.2, 0.25) is 0 Å². The first-order chi connectivity index (χ1) is 10.2. The third-order valence-electron chi connectivity index (χ3n) is 3.68. The van der Waals surface area contributed by atoms with Crippen molar-refractivity contribution in [1.29, 1.82) is 0 Å². The van der Waals surface area contributed by atoms with Crippen LogP contribution >= 0.6 is 0 Å². The molecule has 0 aromatic heterocycles. The van der Waals surface area contributed by atoms with Gasteiger partial charge in [0.15, 0.2) is 0 Å². The Labute approximate surface area is 127 Å². The summed E-state index contributed by atoms with van der Waals surface area (Å²) in [5.41, 5.74) is 7.62. The molecule has 118 valence electrons. The third-order valence-corrected chi connectivity index (χ3v) is 3.68. The first kappa shape index (κ1) is 15.9. The molecule has 21 heavy (non-hydrogen) atoms. The fourth-order valence-corrected chi connectivity index (χ4v) is 2.40. The van der Waals surface area contributed by atoms with Gasteiger partial charge in [-0.1, -0.05) is 13.8 Å². The number of nitrogen functional groups attached to an aromatic ring is 1. The molecule has 1 aromatic carbocycles. The number of ether oxygens (including phenoxy) is 2. The third kappa shape index (κ3) is 4.79. The molecule has 1 unspecified atom stereocenters. The minimum atomic E-state index is 0.233. The molecule has 1 heterocycles. The second kappa shape index (κ2) is 8.10. The molecular formula is C16H27N3O2. The summed E-state index contributed by atoms with van der Waals surface area (Å²) in [5.74, 6) is 0.751. The van der Waals surface area contributed by atoms with E-state index in [9.17, 15) is 0 Å². The lowest BCUT2D eigenvalue weighted by Crippen LogP contribution is -2.45. The summed E-state index contributed by atoms with van der Waals surface area (Å²) >= 11 is 0. The Balaban J connectivity index is 1.87. The van der Waals surface area contributed by atoms with E-state index < -0.39 is 0 Å². The Bertz CT molecular complexity index is 440. The average Bonchev–Trinajstić information content (AvgIpc) is 2.53. The van der Waals surface area contributed by atoms with Crippen molar-refractivity contribution in [1.82, 2.24) is 4.90 Å². The van der Waals surface area contributed by atoms with Gasteiger partial charge in [-0.25, -0.2) is 0 Å². The fourth-order valence-electron chi connectivity index (χ4n) is 2.40. The predicted molar refractivity (Wildman–Crippen MR) is 87.0 cm³/mol. The first-order valence-electron chi connectivity index (χ1n) is 7.83. The van der Waals surface area contributed by atoms with Crippen LogP contribution in [0.2, 0.25) is 0 Å². The Morgan fingerprint density at radius 2 is 2.29 bits per heavy atom. The summed E-state index contributed by atoms with van der Waals surface area (Å²) in [5, 5.41) is 3.42. The van der Waals surface area contributed by atoms with Crippen LogP contribution in [-0.4, -0.2) is 50.4 Å². The molecule has 0 bridgehead atoms. The number of likely N-dealkylation sites (N-methyl/N-ethyl adjacent to an activating group) is 1. The van der Waals surface area contributed by atoms with Gasteiger partial charge < -0.3 is 20.5 Å². The minimum Gasteiger partial charge on any atom is -0.491 e. The van der Waals surface area contributed by atoms with E-state index in [0.29, 0.717) is 12.3 Å². The molecule has 5 nitrogen and oxygen atoms in total. The van der Waals surface area contributed by atoms with E-state index in [1.54, 1.807) is 0 Å². The van der Waals surface area contributed by atoms with Crippen molar-refractivity contribution in [2.75, 3.05) is 50.4 Å². The largest absolute Gasteiger partial charge is 0.491 e. The summed E-state index contributed by atoms with van der Waals surface area (Å²) in [6, 6.07) is 5.83. The van der Waals surface area contributed by atoms with Crippen LogP contribution in [0, 0.1) is 0 Å². The number of hydrogen-bond acceptors (Lipinski definition) is 5. The quantitative estimate of drug-likeness (QED) is 0.755. The molecule has 0 saturated carbocycles. The number of rotatable bonds is 7. The van der Waals surface area contributed by atoms with Crippen LogP contribution in [0.5, 0.6) is 5.75 Å². The molecule has 1 aliphatic heterocycles. The van der Waals surface area contributed by atoms with E-state index >= 15 is 0 Å². The monoisotopic (exact) mass is 293 g/mol. The van der Waals surface area contributed by atoms with Crippen molar-refractivity contribution >= 4 is 11.4 Å². The number of nitrogens with one attached hydrogen (secondary N) is 1. The Morgan fingerprint density at radius 3 is 3.05 bits per heavy atom. The lowest BCUT2D eigenvalue weighted by molar-refractivity contribution is -0.0191. The zero-order chi connectivity index (χ0) is 15.1. The molecule has 1 atom stereocenters. The van der Waals surface area contributed by atoms with Crippen molar-refractivity contribution in [2.24, 2.45) is 0 Å². The van der Waals surface area contributed by atoms with Gasteiger partial charge in [-0.2, -0.15) is 0 Å². The van der Waals surface area contributed by atoms with Crippen molar-refractivity contribution in [3.05, 3.63) is 18.2 Å². The van der Waals surface area contributed by atoms with E-state index in [1.165, 1.54) is 0 Å². The highest BCUT2D eigenvalue weighted by atomic mass is 16.5. The normalized spacial score (nSPS) is 19.4. The van der Waals surface area contributed by atoms with Crippen LogP contribution in [0.1, 0.15) is 20.3 Å². The highest BCUT2D eigenvalue weighted by molar-refractivity contribution is 5.61. The topological polar surface area (TPSA) is 59.8 Å². The maximum absolute atomic E-state index is 5.92. The summed E-state index contributed by atoms with van der Waals surface area (Å²) in [6.45, 7) is 9.66. The van der Waals surface area contributed by atoms with Gasteiger partial charge in [0.1, 0.15) is 5.75 Å². The van der Waals surface area contributed by atoms with Gasteiger partial charge in [-0.05, 0) is 25.1 Å². The minimum absolute atomic E-state index is 0.233. The van der Waals surface area contributed by atoms with Crippen molar-refractivity contribution < 1.29 is 9.47 Å². The maximum Gasteiger partial charge on any atom is 0.144 e. The van der Waals surface area contributed by atoms with Gasteiger partial charge in [-0.15, -0.1) is 0 Å². The number of benzene rings is 1. The Kier molecular flexibility index (Phi) is 6.14. The first-order valence-corrected chi connectivity index (χ1v) is 7.83. The van der Waals surface area contributed by atoms with Crippen molar-refractivity contribution in [2.45, 2.75) is 26.4 Å². The molecule has 0 amide bonds. The highest BCUT2D eigenvalue weighted by Crippen LogP contribution is 2.25. The van der Waals surface area contributed by atoms with Gasteiger partial charge in [-0.3, -0.25) is 4.90 Å². The van der Waals surface area contributed by atoms with Gasteiger partial charge in [0.25, 0.3) is 0 Å². The Hall–Kier alpha value is -1.46. The van der Waals surface area contributed by atoms with Crippen LogP contribution in [0.3, 0.4) is 0 Å². The zero-order valence-corrected chi connectivity index (χ0v) is 13.1. The standard InChI is InChI=1S/C16H27N3O2/c1-3-8-21-16-10-13(5-6-15(16)17)18-11-14-12-19(4-2)7-9-20-14/h5-6,10,14,18H,3-4,7-9,11-12,17H2,1-2H3. The van der Waals surface area contributed by atoms with E-state index in [-0.39, 0.29) is 6.10 Å². The molecule has 0 aliphatic carbocycles. The molecule has 0 spiro atoms. The SMILES string of the molecule is CCCOc1cc(NCC2CN(CC)CCO2)ccc1N. The van der Waals surface area contributed by atoms with Crippen molar-refractivity contribution in [3.8, 4) is 5.75 Å². The molecular weight excluding hydrogens is 266 g/mol.